The molecule has 16 heavy (non-hydrogen) atoms. The number of Topliss-reactive ketones (excluding diaryl/α,β-unsaturated/α-hetero) is 1. The summed E-state index contributed by atoms with van der Waals surface area (Å²) in [7, 11) is 0. The van der Waals surface area contributed by atoms with Crippen LogP contribution in [0.5, 0.6) is 0 Å². The molecule has 0 aliphatic rings. The fourth-order valence-corrected chi connectivity index (χ4v) is 2.28. The molecule has 1 aromatic heterocycles. The Morgan fingerprint density at radius 3 is 2.81 bits per heavy atom. The second kappa shape index (κ2) is 4.58. The summed E-state index contributed by atoms with van der Waals surface area (Å²) in [6.45, 7) is 1.75. The number of hydrogen-bond acceptors (Lipinski definition) is 2. The van der Waals surface area contributed by atoms with Crippen LogP contribution in [-0.2, 0) is 6.42 Å². The lowest BCUT2D eigenvalue weighted by Gasteiger charge is -2.03. The summed E-state index contributed by atoms with van der Waals surface area (Å²) in [4.78, 5) is 11.9. The van der Waals surface area contributed by atoms with Crippen molar-refractivity contribution in [2.45, 2.75) is 13.3 Å². The molecule has 0 saturated carbocycles. The van der Waals surface area contributed by atoms with Gasteiger partial charge in [0, 0.05) is 12.0 Å². The lowest BCUT2D eigenvalue weighted by atomic mass is 10.0. The Morgan fingerprint density at radius 2 is 2.19 bits per heavy atom. The predicted molar refractivity (Wildman–Crippen MR) is 63.5 cm³/mol. The Hall–Kier alpha value is -1.48. The Balaban J connectivity index is 2.21. The van der Waals surface area contributed by atoms with E-state index in [1.54, 1.807) is 24.3 Å². The van der Waals surface area contributed by atoms with E-state index >= 15 is 0 Å². The molecule has 82 valence electrons. The molecule has 0 aliphatic carbocycles. The maximum absolute atomic E-state index is 12.9. The average molecular weight is 234 g/mol. The molecule has 0 amide bonds. The Kier molecular flexibility index (Phi) is 3.15. The average Bonchev–Trinajstić information content (AvgIpc) is 2.70. The third-order valence-corrected chi connectivity index (χ3v) is 3.17. The minimum atomic E-state index is -0.301. The van der Waals surface area contributed by atoms with Gasteiger partial charge in [-0.15, -0.1) is 0 Å². The van der Waals surface area contributed by atoms with Gasteiger partial charge < -0.3 is 0 Å². The number of carbonyl (C=O) groups is 1. The van der Waals surface area contributed by atoms with Crippen LogP contribution in [0.25, 0.3) is 0 Å². The summed E-state index contributed by atoms with van der Waals surface area (Å²) >= 11 is 1.57. The van der Waals surface area contributed by atoms with Crippen LogP contribution in [0.15, 0.2) is 35.0 Å². The molecular weight excluding hydrogens is 223 g/mol. The summed E-state index contributed by atoms with van der Waals surface area (Å²) < 4.78 is 12.9. The quantitative estimate of drug-likeness (QED) is 0.741. The maximum Gasteiger partial charge on any atom is 0.167 e. The van der Waals surface area contributed by atoms with Crippen LogP contribution in [-0.4, -0.2) is 5.78 Å². The summed E-state index contributed by atoms with van der Waals surface area (Å²) in [5.74, 6) is -0.263. The molecule has 0 spiro atoms. The predicted octanol–water partition coefficient (Wildman–Crippen LogP) is 3.62. The zero-order valence-corrected chi connectivity index (χ0v) is 9.68. The van der Waals surface area contributed by atoms with E-state index in [2.05, 4.69) is 0 Å². The van der Waals surface area contributed by atoms with E-state index in [0.29, 0.717) is 17.5 Å². The molecule has 0 atom stereocenters. The number of carbonyl (C=O) groups excluding carboxylic acids is 1. The van der Waals surface area contributed by atoms with Crippen LogP contribution in [0.2, 0.25) is 0 Å². The standard InChI is InChI=1S/C13H11FOS/c1-9-6-11(14)2-3-12(9)13(15)7-10-4-5-16-8-10/h2-6,8H,7H2,1H3. The first-order valence-corrected chi connectivity index (χ1v) is 5.91. The van der Waals surface area contributed by atoms with Crippen molar-refractivity contribution in [1.29, 1.82) is 0 Å². The van der Waals surface area contributed by atoms with Crippen LogP contribution >= 0.6 is 11.3 Å². The molecule has 0 radical (unpaired) electrons. The van der Waals surface area contributed by atoms with Crippen molar-refractivity contribution in [3.8, 4) is 0 Å². The number of thiophene rings is 1. The highest BCUT2D eigenvalue weighted by molar-refractivity contribution is 7.08. The smallest absolute Gasteiger partial charge is 0.167 e. The van der Waals surface area contributed by atoms with Gasteiger partial charge in [0.15, 0.2) is 5.78 Å². The van der Waals surface area contributed by atoms with Gasteiger partial charge in [0.05, 0.1) is 0 Å². The second-order valence-corrected chi connectivity index (χ2v) is 4.47. The van der Waals surface area contributed by atoms with Crippen molar-refractivity contribution in [2.24, 2.45) is 0 Å². The Bertz CT molecular complexity index is 503. The van der Waals surface area contributed by atoms with Crippen LogP contribution < -0.4 is 0 Å². The van der Waals surface area contributed by atoms with E-state index in [0.717, 1.165) is 5.56 Å². The molecule has 1 nitrogen and oxygen atoms in total. The van der Waals surface area contributed by atoms with E-state index < -0.39 is 0 Å². The number of aryl methyl sites for hydroxylation is 1. The number of hydrogen-bond donors (Lipinski definition) is 0. The van der Waals surface area contributed by atoms with E-state index in [1.165, 1.54) is 12.1 Å². The SMILES string of the molecule is Cc1cc(F)ccc1C(=O)Cc1ccsc1. The van der Waals surface area contributed by atoms with E-state index in [-0.39, 0.29) is 11.6 Å². The molecule has 0 N–H and O–H groups in total. The maximum atomic E-state index is 12.9. The topological polar surface area (TPSA) is 17.1 Å². The van der Waals surface area contributed by atoms with Gasteiger partial charge in [0.1, 0.15) is 5.82 Å². The van der Waals surface area contributed by atoms with Gasteiger partial charge in [-0.3, -0.25) is 4.79 Å². The Labute approximate surface area is 97.6 Å². The van der Waals surface area contributed by atoms with Gasteiger partial charge in [0.2, 0.25) is 0 Å². The molecule has 0 aliphatic heterocycles. The summed E-state index contributed by atoms with van der Waals surface area (Å²) in [6.07, 6.45) is 0.385. The third kappa shape index (κ3) is 2.36. The second-order valence-electron chi connectivity index (χ2n) is 3.69. The first-order valence-electron chi connectivity index (χ1n) is 4.97. The molecule has 0 saturated heterocycles. The minimum Gasteiger partial charge on any atom is -0.294 e. The van der Waals surface area contributed by atoms with Crippen molar-refractivity contribution in [3.63, 3.8) is 0 Å². The van der Waals surface area contributed by atoms with Gasteiger partial charge in [-0.05, 0) is 53.1 Å². The highest BCUT2D eigenvalue weighted by atomic mass is 32.1. The van der Waals surface area contributed by atoms with Crippen molar-refractivity contribution >= 4 is 17.1 Å². The van der Waals surface area contributed by atoms with Gasteiger partial charge in [-0.25, -0.2) is 4.39 Å². The van der Waals surface area contributed by atoms with E-state index in [9.17, 15) is 9.18 Å². The third-order valence-electron chi connectivity index (χ3n) is 2.43. The van der Waals surface area contributed by atoms with E-state index in [1.807, 2.05) is 16.8 Å². The van der Waals surface area contributed by atoms with Gasteiger partial charge in [0.25, 0.3) is 0 Å². The van der Waals surface area contributed by atoms with Crippen molar-refractivity contribution in [2.75, 3.05) is 0 Å². The summed E-state index contributed by atoms with van der Waals surface area (Å²) in [5, 5.41) is 3.90. The van der Waals surface area contributed by atoms with Crippen LogP contribution in [0.1, 0.15) is 21.5 Å². The molecule has 1 heterocycles. The highest BCUT2D eigenvalue weighted by Crippen LogP contribution is 2.15. The minimum absolute atomic E-state index is 0.0379. The summed E-state index contributed by atoms with van der Waals surface area (Å²) in [5.41, 5.74) is 2.31. The fraction of sp³-hybridized carbons (Fsp3) is 0.154. The van der Waals surface area contributed by atoms with Crippen molar-refractivity contribution in [3.05, 3.63) is 57.5 Å². The first kappa shape index (κ1) is 11.0. The zero-order valence-electron chi connectivity index (χ0n) is 8.87. The number of rotatable bonds is 3. The summed E-state index contributed by atoms with van der Waals surface area (Å²) in [6, 6.07) is 6.20. The van der Waals surface area contributed by atoms with Gasteiger partial charge in [-0.1, -0.05) is 0 Å². The molecule has 0 unspecified atom stereocenters. The lowest BCUT2D eigenvalue weighted by molar-refractivity contribution is 0.0992. The molecule has 3 heteroatoms. The highest BCUT2D eigenvalue weighted by Gasteiger charge is 2.10. The Morgan fingerprint density at radius 1 is 1.38 bits per heavy atom. The number of benzene rings is 1. The van der Waals surface area contributed by atoms with Crippen molar-refractivity contribution < 1.29 is 9.18 Å². The monoisotopic (exact) mass is 234 g/mol. The largest absolute Gasteiger partial charge is 0.294 e. The van der Waals surface area contributed by atoms with Crippen LogP contribution in [0.3, 0.4) is 0 Å². The van der Waals surface area contributed by atoms with E-state index in [4.69, 9.17) is 0 Å². The molecular formula is C13H11FOS. The molecule has 2 aromatic rings. The molecule has 0 bridgehead atoms. The first-order chi connectivity index (χ1) is 7.66. The van der Waals surface area contributed by atoms with Crippen LogP contribution in [0.4, 0.5) is 4.39 Å². The fourth-order valence-electron chi connectivity index (χ4n) is 1.61. The molecule has 0 fully saturated rings. The number of ketones is 1. The van der Waals surface area contributed by atoms with Gasteiger partial charge >= 0.3 is 0 Å². The van der Waals surface area contributed by atoms with Crippen LogP contribution in [0, 0.1) is 12.7 Å². The molecule has 2 rings (SSSR count). The molecule has 1 aromatic carbocycles. The van der Waals surface area contributed by atoms with Gasteiger partial charge in [-0.2, -0.15) is 11.3 Å². The number of halogens is 1. The normalized spacial score (nSPS) is 10.4. The lowest BCUT2D eigenvalue weighted by Crippen LogP contribution is -2.05. The zero-order chi connectivity index (χ0) is 11.5. The van der Waals surface area contributed by atoms with Crippen molar-refractivity contribution in [1.82, 2.24) is 0 Å².